The molecular formula is C18H30N2O3S. The van der Waals surface area contributed by atoms with E-state index in [2.05, 4.69) is 5.32 Å². The second kappa shape index (κ2) is 5.97. The molecule has 4 rings (SSSR count). The van der Waals surface area contributed by atoms with Crippen LogP contribution in [0, 0.1) is 29.6 Å². The van der Waals surface area contributed by atoms with Crippen LogP contribution in [-0.4, -0.2) is 43.0 Å². The number of rotatable bonds is 4. The smallest absolute Gasteiger partial charge is 0.238 e. The van der Waals surface area contributed by atoms with Crippen molar-refractivity contribution in [2.75, 3.05) is 12.3 Å². The van der Waals surface area contributed by atoms with Crippen LogP contribution in [-0.2, 0) is 14.8 Å². The molecule has 0 spiro atoms. The lowest BCUT2D eigenvalue weighted by Gasteiger charge is -2.35. The van der Waals surface area contributed by atoms with Crippen LogP contribution < -0.4 is 5.32 Å². The molecule has 6 atom stereocenters. The standard InChI is InChI=1S/C18H30N2O3S/c1-11(2)17(20-7-4-8-24(20,22)23)18(21)19-16-10-12-9-15(16)14-6-3-5-13(12)14/h11-17H,3-10H2,1-2H3,(H,19,21). The summed E-state index contributed by atoms with van der Waals surface area (Å²) in [5, 5.41) is 3.27. The van der Waals surface area contributed by atoms with Crippen LogP contribution in [0.25, 0.3) is 0 Å². The molecule has 3 aliphatic carbocycles. The first-order valence-corrected chi connectivity index (χ1v) is 11.3. The molecule has 4 fully saturated rings. The molecule has 3 saturated carbocycles. The van der Waals surface area contributed by atoms with Gasteiger partial charge >= 0.3 is 0 Å². The summed E-state index contributed by atoms with van der Waals surface area (Å²) in [5.74, 6) is 3.25. The van der Waals surface area contributed by atoms with Gasteiger partial charge in [-0.3, -0.25) is 4.79 Å². The van der Waals surface area contributed by atoms with Gasteiger partial charge in [0.15, 0.2) is 0 Å². The third-order valence-electron chi connectivity index (χ3n) is 7.10. The fraction of sp³-hybridized carbons (Fsp3) is 0.944. The lowest BCUT2D eigenvalue weighted by molar-refractivity contribution is -0.127. The Bertz CT molecular complexity index is 618. The molecule has 6 unspecified atom stereocenters. The molecular weight excluding hydrogens is 324 g/mol. The van der Waals surface area contributed by atoms with Crippen LogP contribution in [0.15, 0.2) is 0 Å². The Morgan fingerprint density at radius 1 is 1.08 bits per heavy atom. The topological polar surface area (TPSA) is 66.5 Å². The molecule has 1 aliphatic heterocycles. The SMILES string of the molecule is CC(C)C(C(=O)NC1CC2CC1C1CCCC21)N1CCCS1(=O)=O. The first-order valence-electron chi connectivity index (χ1n) is 9.68. The molecule has 136 valence electrons. The van der Waals surface area contributed by atoms with E-state index in [0.717, 1.165) is 24.2 Å². The number of amides is 1. The summed E-state index contributed by atoms with van der Waals surface area (Å²) < 4.78 is 26.0. The Balaban J connectivity index is 1.47. The van der Waals surface area contributed by atoms with E-state index in [0.29, 0.717) is 18.9 Å². The Hall–Kier alpha value is -0.620. The van der Waals surface area contributed by atoms with Gasteiger partial charge in [0.05, 0.1) is 5.75 Å². The highest BCUT2D eigenvalue weighted by Crippen LogP contribution is 2.58. The van der Waals surface area contributed by atoms with Crippen molar-refractivity contribution in [3.8, 4) is 0 Å². The van der Waals surface area contributed by atoms with Gasteiger partial charge in [-0.15, -0.1) is 0 Å². The van der Waals surface area contributed by atoms with E-state index in [4.69, 9.17) is 0 Å². The number of fused-ring (bicyclic) bond motifs is 5. The Labute approximate surface area is 145 Å². The molecule has 1 amide bonds. The normalized spacial score (nSPS) is 41.7. The molecule has 1 saturated heterocycles. The van der Waals surface area contributed by atoms with Gasteiger partial charge in [-0.1, -0.05) is 20.3 Å². The molecule has 1 heterocycles. The molecule has 5 nitrogen and oxygen atoms in total. The highest BCUT2D eigenvalue weighted by atomic mass is 32.2. The molecule has 6 heteroatoms. The Morgan fingerprint density at radius 3 is 2.50 bits per heavy atom. The maximum atomic E-state index is 13.0. The van der Waals surface area contributed by atoms with E-state index in [1.54, 1.807) is 0 Å². The fourth-order valence-corrected chi connectivity index (χ4v) is 8.06. The quantitative estimate of drug-likeness (QED) is 0.839. The summed E-state index contributed by atoms with van der Waals surface area (Å²) in [6, 6.07) is -0.274. The highest BCUT2D eigenvalue weighted by Gasteiger charge is 2.54. The van der Waals surface area contributed by atoms with Gasteiger partial charge in [0.25, 0.3) is 0 Å². The molecule has 0 radical (unpaired) electrons. The van der Waals surface area contributed by atoms with Gasteiger partial charge in [0, 0.05) is 12.6 Å². The fourth-order valence-electron chi connectivity index (χ4n) is 6.24. The number of nitrogens with zero attached hydrogens (tertiary/aromatic N) is 1. The van der Waals surface area contributed by atoms with Crippen molar-refractivity contribution in [3.05, 3.63) is 0 Å². The van der Waals surface area contributed by atoms with Crippen molar-refractivity contribution in [1.29, 1.82) is 0 Å². The van der Waals surface area contributed by atoms with Gasteiger partial charge in [0.2, 0.25) is 15.9 Å². The molecule has 0 aromatic carbocycles. The van der Waals surface area contributed by atoms with E-state index in [9.17, 15) is 13.2 Å². The number of hydrogen-bond donors (Lipinski definition) is 1. The van der Waals surface area contributed by atoms with E-state index in [1.165, 1.54) is 30.0 Å². The lowest BCUT2D eigenvalue weighted by atomic mass is 9.79. The minimum atomic E-state index is -3.26. The maximum Gasteiger partial charge on any atom is 0.238 e. The van der Waals surface area contributed by atoms with Gasteiger partial charge in [-0.25, -0.2) is 8.42 Å². The average Bonchev–Trinajstić information content (AvgIpc) is 3.21. The summed E-state index contributed by atoms with van der Waals surface area (Å²) >= 11 is 0. The van der Waals surface area contributed by atoms with Crippen molar-refractivity contribution in [2.45, 2.75) is 64.5 Å². The van der Waals surface area contributed by atoms with Crippen molar-refractivity contribution in [2.24, 2.45) is 29.6 Å². The number of sulfonamides is 1. The summed E-state index contributed by atoms with van der Waals surface area (Å²) in [7, 11) is -3.26. The zero-order chi connectivity index (χ0) is 17.1. The molecule has 2 bridgehead atoms. The van der Waals surface area contributed by atoms with Crippen molar-refractivity contribution in [3.63, 3.8) is 0 Å². The average molecular weight is 355 g/mol. The van der Waals surface area contributed by atoms with E-state index in [-0.39, 0.29) is 23.6 Å². The number of hydrogen-bond acceptors (Lipinski definition) is 3. The second-order valence-electron chi connectivity index (χ2n) is 8.74. The zero-order valence-electron chi connectivity index (χ0n) is 14.8. The van der Waals surface area contributed by atoms with Gasteiger partial charge in [0.1, 0.15) is 6.04 Å². The summed E-state index contributed by atoms with van der Waals surface area (Å²) in [6.07, 6.45) is 7.07. The van der Waals surface area contributed by atoms with Crippen molar-refractivity contribution in [1.82, 2.24) is 9.62 Å². The first kappa shape index (κ1) is 16.8. The van der Waals surface area contributed by atoms with E-state index >= 15 is 0 Å². The van der Waals surface area contributed by atoms with E-state index < -0.39 is 16.1 Å². The molecule has 1 N–H and O–H groups in total. The van der Waals surface area contributed by atoms with Crippen LogP contribution in [0.2, 0.25) is 0 Å². The maximum absolute atomic E-state index is 13.0. The Morgan fingerprint density at radius 2 is 1.83 bits per heavy atom. The summed E-state index contributed by atoms with van der Waals surface area (Å²) in [6.45, 7) is 4.39. The number of carbonyl (C=O) groups excluding carboxylic acids is 1. The second-order valence-corrected chi connectivity index (χ2v) is 10.8. The van der Waals surface area contributed by atoms with Crippen LogP contribution in [0.1, 0.15) is 52.4 Å². The summed E-state index contributed by atoms with van der Waals surface area (Å²) in [5.41, 5.74) is 0. The van der Waals surface area contributed by atoms with Crippen molar-refractivity contribution < 1.29 is 13.2 Å². The van der Waals surface area contributed by atoms with Gasteiger partial charge in [-0.05, 0) is 61.7 Å². The predicted molar refractivity (Wildman–Crippen MR) is 92.7 cm³/mol. The molecule has 24 heavy (non-hydrogen) atoms. The number of carbonyl (C=O) groups is 1. The van der Waals surface area contributed by atoms with Gasteiger partial charge in [-0.2, -0.15) is 4.31 Å². The molecule has 4 aliphatic rings. The molecule has 0 aromatic heterocycles. The Kier molecular flexibility index (Phi) is 4.19. The van der Waals surface area contributed by atoms with Gasteiger partial charge < -0.3 is 5.32 Å². The monoisotopic (exact) mass is 354 g/mol. The third kappa shape index (κ3) is 2.61. The first-order chi connectivity index (χ1) is 11.4. The van der Waals surface area contributed by atoms with Crippen LogP contribution in [0.3, 0.4) is 0 Å². The number of nitrogens with one attached hydrogen (secondary N) is 1. The van der Waals surface area contributed by atoms with Crippen LogP contribution in [0.5, 0.6) is 0 Å². The third-order valence-corrected chi connectivity index (χ3v) is 9.03. The van der Waals surface area contributed by atoms with Crippen LogP contribution >= 0.6 is 0 Å². The zero-order valence-corrected chi connectivity index (χ0v) is 15.6. The largest absolute Gasteiger partial charge is 0.352 e. The molecule has 0 aromatic rings. The van der Waals surface area contributed by atoms with E-state index in [1.807, 2.05) is 13.8 Å². The minimum absolute atomic E-state index is 0.00399. The van der Waals surface area contributed by atoms with Crippen LogP contribution in [0.4, 0.5) is 0 Å². The van der Waals surface area contributed by atoms with Crippen molar-refractivity contribution >= 4 is 15.9 Å². The summed E-state index contributed by atoms with van der Waals surface area (Å²) in [4.78, 5) is 13.0. The minimum Gasteiger partial charge on any atom is -0.352 e. The lowest BCUT2D eigenvalue weighted by Crippen LogP contribution is -2.54. The highest BCUT2D eigenvalue weighted by molar-refractivity contribution is 7.89. The predicted octanol–water partition coefficient (Wildman–Crippen LogP) is 1.99.